The minimum absolute atomic E-state index is 0.0265. The standard InChI is InChI=1S/C52H85NO5/c1-4-7-10-13-16-19-22-24-25-27-30-33-36-39-42-45-52(57)58-48(43-40-37-34-31-29-26-23-20-17-14-11-8-5-2)46-51(56)53-49(47-54)50(55)44-41-38-35-32-28-21-18-15-12-9-6-3/h7-8,10-11,13-14,16-17,19-20,22-27,29-30,48-50,54-55H,4-6,9,12,15,18,21,28,31-47H2,1-3H3,(H,53,56)/b10-7+,11-8+,16-13+,17-14+,22-19-,23-20+,25-24-,29-26-,30-27+. The maximum Gasteiger partial charge on any atom is 0.306 e. The first-order valence-electron chi connectivity index (χ1n) is 23.2. The summed E-state index contributed by atoms with van der Waals surface area (Å²) in [6, 6.07) is -0.729. The molecule has 0 bridgehead atoms. The third-order valence-electron chi connectivity index (χ3n) is 9.82. The number of nitrogens with one attached hydrogen (secondary N) is 1. The van der Waals surface area contributed by atoms with E-state index in [4.69, 9.17) is 4.74 Å². The molecule has 0 radical (unpaired) electrons. The molecule has 0 spiro atoms. The molecule has 0 saturated carbocycles. The topological polar surface area (TPSA) is 95.9 Å². The van der Waals surface area contributed by atoms with Gasteiger partial charge in [0.15, 0.2) is 0 Å². The highest BCUT2D eigenvalue weighted by Gasteiger charge is 2.24. The Morgan fingerprint density at radius 1 is 0.517 bits per heavy atom. The van der Waals surface area contributed by atoms with Crippen molar-refractivity contribution in [3.63, 3.8) is 0 Å². The summed E-state index contributed by atoms with van der Waals surface area (Å²) in [5.41, 5.74) is 0. The summed E-state index contributed by atoms with van der Waals surface area (Å²) in [5, 5.41) is 23.6. The first-order chi connectivity index (χ1) is 28.5. The number of rotatable bonds is 39. The zero-order valence-corrected chi connectivity index (χ0v) is 37.1. The molecular weight excluding hydrogens is 719 g/mol. The van der Waals surface area contributed by atoms with Crippen molar-refractivity contribution < 1.29 is 24.5 Å². The SMILES string of the molecule is CC/C=C/C=C/C=C\C=C/C=C/CCCCCC(=O)OC(CCCCC\C=C/C=C/C=C/C=C/CC)CC(=O)NC(CO)C(O)CCCCCCCCCCCCC. The number of unbranched alkanes of at least 4 members (excludes halogenated alkanes) is 16. The summed E-state index contributed by atoms with van der Waals surface area (Å²) >= 11 is 0. The van der Waals surface area contributed by atoms with Crippen LogP contribution in [0.1, 0.15) is 181 Å². The van der Waals surface area contributed by atoms with Crippen molar-refractivity contribution in [1.29, 1.82) is 0 Å². The molecule has 0 aliphatic rings. The van der Waals surface area contributed by atoms with Gasteiger partial charge in [-0.25, -0.2) is 0 Å². The van der Waals surface area contributed by atoms with Crippen molar-refractivity contribution in [2.75, 3.05) is 6.61 Å². The first-order valence-corrected chi connectivity index (χ1v) is 23.2. The fourth-order valence-electron chi connectivity index (χ4n) is 6.34. The van der Waals surface area contributed by atoms with E-state index >= 15 is 0 Å². The Hall–Kier alpha value is -3.48. The Balaban J connectivity index is 4.79. The van der Waals surface area contributed by atoms with E-state index in [1.807, 2.05) is 79.0 Å². The van der Waals surface area contributed by atoms with Crippen molar-refractivity contribution in [1.82, 2.24) is 5.32 Å². The molecule has 0 aliphatic heterocycles. The molecule has 0 rings (SSSR count). The maximum atomic E-state index is 13.1. The molecule has 0 heterocycles. The van der Waals surface area contributed by atoms with Crippen LogP contribution in [0, 0.1) is 0 Å². The van der Waals surface area contributed by atoms with Crippen LogP contribution in [0.25, 0.3) is 0 Å². The quantitative estimate of drug-likeness (QED) is 0.0327. The summed E-state index contributed by atoms with van der Waals surface area (Å²) in [7, 11) is 0. The lowest BCUT2D eigenvalue weighted by Crippen LogP contribution is -2.46. The average Bonchev–Trinajstić information content (AvgIpc) is 3.22. The summed E-state index contributed by atoms with van der Waals surface area (Å²) in [5.74, 6) is -0.577. The van der Waals surface area contributed by atoms with Crippen LogP contribution in [-0.4, -0.2) is 46.9 Å². The Kier molecular flexibility index (Phi) is 41.9. The number of allylic oxidation sites excluding steroid dienone is 18. The van der Waals surface area contributed by atoms with Gasteiger partial charge < -0.3 is 20.3 Å². The average molecular weight is 804 g/mol. The second kappa shape index (κ2) is 44.6. The van der Waals surface area contributed by atoms with E-state index < -0.39 is 18.2 Å². The monoisotopic (exact) mass is 804 g/mol. The van der Waals surface area contributed by atoms with Crippen molar-refractivity contribution >= 4 is 11.9 Å². The molecule has 3 unspecified atom stereocenters. The normalized spacial score (nSPS) is 14.4. The molecule has 3 N–H and O–H groups in total. The predicted molar refractivity (Wildman–Crippen MR) is 250 cm³/mol. The Morgan fingerprint density at radius 3 is 1.41 bits per heavy atom. The van der Waals surface area contributed by atoms with Gasteiger partial charge in [0.2, 0.25) is 5.91 Å². The van der Waals surface area contributed by atoms with E-state index in [0.29, 0.717) is 19.3 Å². The largest absolute Gasteiger partial charge is 0.462 e. The highest BCUT2D eigenvalue weighted by atomic mass is 16.5. The Labute approximate surface area is 356 Å². The number of ether oxygens (including phenoxy) is 1. The molecule has 0 saturated heterocycles. The van der Waals surface area contributed by atoms with Crippen LogP contribution < -0.4 is 5.32 Å². The lowest BCUT2D eigenvalue weighted by Gasteiger charge is -2.24. The molecule has 0 aromatic heterocycles. The molecule has 328 valence electrons. The fraction of sp³-hybridized carbons (Fsp3) is 0.615. The van der Waals surface area contributed by atoms with Crippen molar-refractivity contribution in [2.45, 2.75) is 200 Å². The second-order valence-electron chi connectivity index (χ2n) is 15.3. The third kappa shape index (κ3) is 39.4. The number of aliphatic hydroxyl groups is 2. The fourth-order valence-corrected chi connectivity index (χ4v) is 6.34. The number of carbonyl (C=O) groups is 2. The molecular formula is C52H85NO5. The molecule has 1 amide bonds. The Morgan fingerprint density at radius 2 is 0.931 bits per heavy atom. The zero-order valence-electron chi connectivity index (χ0n) is 37.1. The molecule has 0 aliphatic carbocycles. The zero-order chi connectivity index (χ0) is 42.4. The molecule has 0 aromatic rings. The number of amides is 1. The molecule has 0 fully saturated rings. The minimum Gasteiger partial charge on any atom is -0.462 e. The van der Waals surface area contributed by atoms with E-state index in [1.165, 1.54) is 51.4 Å². The van der Waals surface area contributed by atoms with Crippen molar-refractivity contribution in [3.8, 4) is 0 Å². The summed E-state index contributed by atoms with van der Waals surface area (Å²) in [4.78, 5) is 26.0. The summed E-state index contributed by atoms with van der Waals surface area (Å²) in [6.07, 6.45) is 60.0. The molecule has 3 atom stereocenters. The van der Waals surface area contributed by atoms with Gasteiger partial charge in [-0.15, -0.1) is 0 Å². The lowest BCUT2D eigenvalue weighted by molar-refractivity contribution is -0.151. The smallest absolute Gasteiger partial charge is 0.306 e. The van der Waals surface area contributed by atoms with Crippen LogP contribution in [0.15, 0.2) is 109 Å². The van der Waals surface area contributed by atoms with Crippen LogP contribution in [-0.2, 0) is 14.3 Å². The van der Waals surface area contributed by atoms with Gasteiger partial charge in [-0.05, 0) is 64.2 Å². The van der Waals surface area contributed by atoms with Gasteiger partial charge in [0.05, 0.1) is 25.2 Å². The van der Waals surface area contributed by atoms with Crippen molar-refractivity contribution in [2.24, 2.45) is 0 Å². The first kappa shape index (κ1) is 54.5. The second-order valence-corrected chi connectivity index (χ2v) is 15.3. The van der Waals surface area contributed by atoms with Gasteiger partial charge in [-0.3, -0.25) is 9.59 Å². The Bertz CT molecular complexity index is 1220. The van der Waals surface area contributed by atoms with Crippen LogP contribution >= 0.6 is 0 Å². The molecule has 58 heavy (non-hydrogen) atoms. The number of carbonyl (C=O) groups excluding carboxylic acids is 2. The highest BCUT2D eigenvalue weighted by molar-refractivity contribution is 5.77. The van der Waals surface area contributed by atoms with Crippen LogP contribution in [0.2, 0.25) is 0 Å². The predicted octanol–water partition coefficient (Wildman–Crippen LogP) is 13.6. The van der Waals surface area contributed by atoms with E-state index in [9.17, 15) is 19.8 Å². The van der Waals surface area contributed by atoms with E-state index in [0.717, 1.165) is 83.5 Å². The third-order valence-corrected chi connectivity index (χ3v) is 9.82. The van der Waals surface area contributed by atoms with E-state index in [-0.39, 0.29) is 24.9 Å². The lowest BCUT2D eigenvalue weighted by atomic mass is 10.0. The van der Waals surface area contributed by atoms with Gasteiger partial charge in [0.1, 0.15) is 6.10 Å². The van der Waals surface area contributed by atoms with Crippen LogP contribution in [0.5, 0.6) is 0 Å². The number of hydrogen-bond acceptors (Lipinski definition) is 5. The van der Waals surface area contributed by atoms with E-state index in [1.54, 1.807) is 0 Å². The van der Waals surface area contributed by atoms with Gasteiger partial charge in [-0.1, -0.05) is 214 Å². The van der Waals surface area contributed by atoms with Gasteiger partial charge in [0.25, 0.3) is 0 Å². The van der Waals surface area contributed by atoms with Gasteiger partial charge in [0, 0.05) is 6.42 Å². The molecule has 0 aromatic carbocycles. The van der Waals surface area contributed by atoms with Gasteiger partial charge in [-0.2, -0.15) is 0 Å². The van der Waals surface area contributed by atoms with E-state index in [2.05, 4.69) is 56.5 Å². The minimum atomic E-state index is -0.812. The number of aliphatic hydroxyl groups excluding tert-OH is 2. The molecule has 6 nitrogen and oxygen atoms in total. The van der Waals surface area contributed by atoms with Gasteiger partial charge >= 0.3 is 5.97 Å². The summed E-state index contributed by atoms with van der Waals surface area (Å²) in [6.45, 7) is 6.14. The maximum absolute atomic E-state index is 13.1. The van der Waals surface area contributed by atoms with Crippen molar-refractivity contribution in [3.05, 3.63) is 109 Å². The van der Waals surface area contributed by atoms with Crippen LogP contribution in [0.3, 0.4) is 0 Å². The highest BCUT2D eigenvalue weighted by Crippen LogP contribution is 2.16. The summed E-state index contributed by atoms with van der Waals surface area (Å²) < 4.78 is 5.87. The van der Waals surface area contributed by atoms with Crippen LogP contribution in [0.4, 0.5) is 0 Å². The number of hydrogen-bond donors (Lipinski definition) is 3. The number of esters is 1. The molecule has 6 heteroatoms.